The summed E-state index contributed by atoms with van der Waals surface area (Å²) in [7, 11) is 1.98. The molecule has 0 aromatic heterocycles. The van der Waals surface area contributed by atoms with Crippen LogP contribution in [0.15, 0.2) is 0 Å². The van der Waals surface area contributed by atoms with Crippen molar-refractivity contribution in [2.24, 2.45) is 27.4 Å². The van der Waals surface area contributed by atoms with Gasteiger partial charge in [0.25, 0.3) is 0 Å². The number of hydrogen-bond acceptors (Lipinski definition) is 6. The molecular formula is C35H69N5O3. The molecule has 43 heavy (non-hydrogen) atoms. The van der Waals surface area contributed by atoms with Gasteiger partial charge < -0.3 is 26.0 Å². The second kappa shape index (κ2) is 12.5. The number of rotatable bonds is 10. The van der Waals surface area contributed by atoms with E-state index in [0.29, 0.717) is 25.9 Å². The highest BCUT2D eigenvalue weighted by molar-refractivity contribution is 5.91. The first kappa shape index (κ1) is 38.0. The van der Waals surface area contributed by atoms with Gasteiger partial charge in [0.2, 0.25) is 11.8 Å². The van der Waals surface area contributed by atoms with Crippen molar-refractivity contribution in [3.8, 4) is 0 Å². The van der Waals surface area contributed by atoms with Crippen molar-refractivity contribution in [1.29, 1.82) is 0 Å². The van der Waals surface area contributed by atoms with Crippen molar-refractivity contribution in [1.82, 2.24) is 20.4 Å². The molecule has 3 unspecified atom stereocenters. The number of carbonyl (C=O) groups is 2. The van der Waals surface area contributed by atoms with Crippen LogP contribution in [0.2, 0.25) is 0 Å². The molecule has 2 fully saturated rings. The zero-order valence-corrected chi connectivity index (χ0v) is 30.6. The van der Waals surface area contributed by atoms with E-state index >= 15 is 0 Å². The summed E-state index contributed by atoms with van der Waals surface area (Å²) in [4.78, 5) is 33.0. The fraction of sp³-hybridized carbons (Fsp3) is 0.943. The average Bonchev–Trinajstić information content (AvgIpc) is 2.91. The molecule has 5 N–H and O–H groups in total. The van der Waals surface area contributed by atoms with Gasteiger partial charge in [0.1, 0.15) is 12.3 Å². The molecule has 2 heterocycles. The highest BCUT2D eigenvalue weighted by Crippen LogP contribution is 2.44. The first-order valence-corrected chi connectivity index (χ1v) is 16.6. The first-order chi connectivity index (χ1) is 19.1. The molecule has 2 amide bonds. The van der Waals surface area contributed by atoms with E-state index in [9.17, 15) is 14.7 Å². The quantitative estimate of drug-likeness (QED) is 0.252. The molecule has 0 spiro atoms. The van der Waals surface area contributed by atoms with Crippen molar-refractivity contribution < 1.29 is 14.7 Å². The summed E-state index contributed by atoms with van der Waals surface area (Å²) >= 11 is 0. The molecule has 2 saturated heterocycles. The molecule has 0 radical (unpaired) electrons. The third-order valence-electron chi connectivity index (χ3n) is 10.8. The lowest BCUT2D eigenvalue weighted by Gasteiger charge is -2.52. The van der Waals surface area contributed by atoms with Crippen molar-refractivity contribution >= 4 is 11.8 Å². The molecule has 252 valence electrons. The molecule has 0 aromatic carbocycles. The first-order valence-electron chi connectivity index (χ1n) is 16.6. The SMILES string of the molecule is CNC(C)(C)CC(C)(C)CNC(O)C1CCC(C)(C)CC(C)(C)N1C(=O)C1CCC(C)(C)CN1C(=O)C(C)(C)C(C)(C)N. The molecular weight excluding hydrogens is 538 g/mol. The van der Waals surface area contributed by atoms with Crippen LogP contribution in [0.5, 0.6) is 0 Å². The van der Waals surface area contributed by atoms with E-state index in [1.54, 1.807) is 0 Å². The Morgan fingerprint density at radius 3 is 1.98 bits per heavy atom. The van der Waals surface area contributed by atoms with Gasteiger partial charge in [-0.25, -0.2) is 0 Å². The Morgan fingerprint density at radius 1 is 0.930 bits per heavy atom. The van der Waals surface area contributed by atoms with E-state index in [-0.39, 0.29) is 33.6 Å². The molecule has 2 rings (SSSR count). The zero-order chi connectivity index (χ0) is 33.6. The summed E-state index contributed by atoms with van der Waals surface area (Å²) < 4.78 is 0. The summed E-state index contributed by atoms with van der Waals surface area (Å²) in [6.07, 6.45) is 3.87. The number of nitrogens with one attached hydrogen (secondary N) is 2. The van der Waals surface area contributed by atoms with Gasteiger partial charge in [0, 0.05) is 29.7 Å². The Bertz CT molecular complexity index is 992. The number of carbonyl (C=O) groups excluding carboxylic acids is 2. The number of likely N-dealkylation sites (tertiary alicyclic amines) is 2. The van der Waals surface area contributed by atoms with E-state index < -0.39 is 34.8 Å². The monoisotopic (exact) mass is 608 g/mol. The Balaban J connectivity index is 2.51. The minimum absolute atomic E-state index is 0.00220. The van der Waals surface area contributed by atoms with Crippen LogP contribution in [0.25, 0.3) is 0 Å². The van der Waals surface area contributed by atoms with Crippen LogP contribution < -0.4 is 16.4 Å². The zero-order valence-electron chi connectivity index (χ0n) is 30.6. The number of aliphatic hydroxyl groups excluding tert-OH is 1. The van der Waals surface area contributed by atoms with Gasteiger partial charge >= 0.3 is 0 Å². The van der Waals surface area contributed by atoms with Crippen LogP contribution in [-0.4, -0.2) is 81.8 Å². The van der Waals surface area contributed by atoms with Gasteiger partial charge in [0.05, 0.1) is 11.5 Å². The van der Waals surface area contributed by atoms with Gasteiger partial charge in [-0.05, 0) is 117 Å². The van der Waals surface area contributed by atoms with Gasteiger partial charge in [-0.1, -0.05) is 41.5 Å². The Hall–Kier alpha value is -1.22. The van der Waals surface area contributed by atoms with Gasteiger partial charge in [-0.2, -0.15) is 0 Å². The van der Waals surface area contributed by atoms with Crippen LogP contribution in [-0.2, 0) is 9.59 Å². The second-order valence-electron chi connectivity index (χ2n) is 18.8. The number of piperidine rings is 1. The average molecular weight is 608 g/mol. The fourth-order valence-corrected chi connectivity index (χ4v) is 7.69. The summed E-state index contributed by atoms with van der Waals surface area (Å²) in [6.45, 7) is 30.6. The Labute approximate surface area is 264 Å². The van der Waals surface area contributed by atoms with E-state index in [1.165, 1.54) is 0 Å². The van der Waals surface area contributed by atoms with Crippen LogP contribution in [0.3, 0.4) is 0 Å². The van der Waals surface area contributed by atoms with E-state index in [2.05, 4.69) is 79.9 Å². The maximum Gasteiger partial charge on any atom is 0.246 e. The Morgan fingerprint density at radius 2 is 1.47 bits per heavy atom. The maximum absolute atomic E-state index is 14.9. The summed E-state index contributed by atoms with van der Waals surface area (Å²) in [6, 6.07) is -1.01. The summed E-state index contributed by atoms with van der Waals surface area (Å²) in [5.41, 5.74) is 4.17. The standard InChI is InChI=1S/C35H69N5O3/c1-29(2)18-16-24(26(41)38-22-31(5,6)20-32(7,8)37-15)40(33(9,10)21-29)27(42)25-17-19-30(3,4)23-39(25)28(43)34(11,12)35(13,14)36/h24-26,37-38,41H,16-23,36H2,1-15H3. The molecule has 2 aliphatic heterocycles. The normalized spacial score (nSPS) is 25.7. The van der Waals surface area contributed by atoms with Gasteiger partial charge in [0.15, 0.2) is 0 Å². The van der Waals surface area contributed by atoms with Crippen LogP contribution >= 0.6 is 0 Å². The topological polar surface area (TPSA) is 111 Å². The Kier molecular flexibility index (Phi) is 11.1. The third kappa shape index (κ3) is 9.17. The number of aliphatic hydroxyl groups is 1. The van der Waals surface area contributed by atoms with Gasteiger partial charge in [-0.15, -0.1) is 0 Å². The minimum atomic E-state index is -0.891. The molecule has 0 bridgehead atoms. The third-order valence-corrected chi connectivity index (χ3v) is 10.8. The number of hydrogen-bond donors (Lipinski definition) is 4. The second-order valence-corrected chi connectivity index (χ2v) is 18.8. The number of nitrogens with two attached hydrogens (primary N) is 1. The summed E-state index contributed by atoms with van der Waals surface area (Å²) in [5.74, 6) is -0.137. The van der Waals surface area contributed by atoms with Crippen molar-refractivity contribution in [2.75, 3.05) is 20.1 Å². The van der Waals surface area contributed by atoms with Gasteiger partial charge in [-0.3, -0.25) is 14.9 Å². The largest absolute Gasteiger partial charge is 0.376 e. The lowest BCUT2D eigenvalue weighted by atomic mass is 9.72. The predicted octanol–water partition coefficient (Wildman–Crippen LogP) is 5.28. The van der Waals surface area contributed by atoms with Crippen molar-refractivity contribution in [3.63, 3.8) is 0 Å². The number of nitrogens with zero attached hydrogens (tertiary/aromatic N) is 2. The molecule has 0 saturated carbocycles. The molecule has 8 nitrogen and oxygen atoms in total. The minimum Gasteiger partial charge on any atom is -0.376 e. The lowest BCUT2D eigenvalue weighted by molar-refractivity contribution is -0.165. The molecule has 2 aliphatic rings. The van der Waals surface area contributed by atoms with E-state index in [0.717, 1.165) is 25.7 Å². The lowest BCUT2D eigenvalue weighted by Crippen LogP contribution is -2.67. The van der Waals surface area contributed by atoms with Crippen LogP contribution in [0.4, 0.5) is 0 Å². The smallest absolute Gasteiger partial charge is 0.246 e. The van der Waals surface area contributed by atoms with Crippen molar-refractivity contribution in [3.05, 3.63) is 0 Å². The van der Waals surface area contributed by atoms with Crippen LogP contribution in [0.1, 0.15) is 135 Å². The van der Waals surface area contributed by atoms with Crippen molar-refractivity contribution in [2.45, 2.75) is 170 Å². The predicted molar refractivity (Wildman–Crippen MR) is 178 cm³/mol. The van der Waals surface area contributed by atoms with E-state index in [1.807, 2.05) is 44.5 Å². The van der Waals surface area contributed by atoms with E-state index in [4.69, 9.17) is 5.73 Å². The summed E-state index contributed by atoms with van der Waals surface area (Å²) in [5, 5.41) is 18.7. The molecule has 0 aromatic rings. The highest BCUT2D eigenvalue weighted by atomic mass is 16.3. The molecule has 8 heteroatoms. The fourth-order valence-electron chi connectivity index (χ4n) is 7.69. The molecule has 3 atom stereocenters. The molecule has 0 aliphatic carbocycles. The maximum atomic E-state index is 14.9. The number of amides is 2. The van der Waals surface area contributed by atoms with Crippen LogP contribution in [0, 0.1) is 21.7 Å². The highest BCUT2D eigenvalue weighted by Gasteiger charge is 2.52.